The molecule has 2 aromatic carbocycles. The van der Waals surface area contributed by atoms with Gasteiger partial charge >= 0.3 is 11.9 Å². The third kappa shape index (κ3) is 13.7. The molecule has 0 spiro atoms. The lowest BCUT2D eigenvalue weighted by Gasteiger charge is -2.27. The summed E-state index contributed by atoms with van der Waals surface area (Å²) < 4.78 is 18.5. The Bertz CT molecular complexity index is 1350. The lowest BCUT2D eigenvalue weighted by molar-refractivity contribution is -0.165. The van der Waals surface area contributed by atoms with Gasteiger partial charge in [0.2, 0.25) is 17.7 Å². The Morgan fingerprint density at radius 2 is 1.33 bits per heavy atom. The number of esters is 2. The van der Waals surface area contributed by atoms with Crippen LogP contribution in [0.25, 0.3) is 0 Å². The van der Waals surface area contributed by atoms with Gasteiger partial charge in [-0.2, -0.15) is 0 Å². The van der Waals surface area contributed by atoms with Gasteiger partial charge in [-0.15, -0.1) is 0 Å². The average Bonchev–Trinajstić information content (AvgIpc) is 3.10. The first kappa shape index (κ1) is 39.2. The molecule has 5 atom stereocenters. The number of alkyl halides is 1. The average molecular weight is 684 g/mol. The van der Waals surface area contributed by atoms with Crippen LogP contribution in [0.3, 0.4) is 0 Å². The van der Waals surface area contributed by atoms with E-state index in [4.69, 9.17) is 21.9 Å². The number of nitrogens with two attached hydrogens (primary N) is 3. The second-order valence-corrected chi connectivity index (χ2v) is 12.3. The second-order valence-electron chi connectivity index (χ2n) is 12.3. The van der Waals surface area contributed by atoms with E-state index in [1.54, 1.807) is 24.3 Å². The van der Waals surface area contributed by atoms with E-state index in [-0.39, 0.29) is 38.6 Å². The highest BCUT2D eigenvalue weighted by molar-refractivity contribution is 5.96. The molecular weight excluding hydrogens is 633 g/mol. The van der Waals surface area contributed by atoms with Crippen molar-refractivity contribution in [2.45, 2.75) is 81.6 Å². The first-order valence-corrected chi connectivity index (χ1v) is 16.8. The highest BCUT2D eigenvalue weighted by atomic mass is 19.1. The summed E-state index contributed by atoms with van der Waals surface area (Å²) >= 11 is 0. The van der Waals surface area contributed by atoms with Gasteiger partial charge in [-0.25, -0.2) is 4.79 Å². The van der Waals surface area contributed by atoms with Crippen LogP contribution in [0.1, 0.15) is 49.7 Å². The Morgan fingerprint density at radius 1 is 0.776 bits per heavy atom. The van der Waals surface area contributed by atoms with E-state index in [0.29, 0.717) is 32.4 Å². The third-order valence-electron chi connectivity index (χ3n) is 8.36. The Labute approximate surface area is 286 Å². The van der Waals surface area contributed by atoms with Gasteiger partial charge in [0.15, 0.2) is 0 Å². The zero-order chi connectivity index (χ0) is 35.6. The summed E-state index contributed by atoms with van der Waals surface area (Å²) in [6.07, 6.45) is 1.38. The Hall–Kier alpha value is -4.24. The van der Waals surface area contributed by atoms with E-state index in [1.165, 1.54) is 0 Å². The highest BCUT2D eigenvalue weighted by Crippen LogP contribution is 2.15. The van der Waals surface area contributed by atoms with Crippen molar-refractivity contribution < 1.29 is 33.1 Å². The van der Waals surface area contributed by atoms with Crippen LogP contribution in [-0.4, -0.2) is 86.2 Å². The molecule has 1 aliphatic rings. The van der Waals surface area contributed by atoms with E-state index in [0.717, 1.165) is 11.1 Å². The standard InChI is InChI=1S/C35H50FN7O6/c36-16-7-12-28(32(45)43-30(22-26(38)13-17-37)35(48)49-34(47)25-14-18-40-19-15-25)41-33(46)29(21-24-10-5-2-6-11-24)42-31(44)27(39)20-23-8-3-1-4-9-23/h1-6,8-11,25-30,40H,7,12-22,37-39H2,(H,41,46)(H,42,44)(H,43,45)/t26?,27-,28?,29-,30-/m1/s1. The first-order valence-electron chi connectivity index (χ1n) is 16.8. The minimum absolute atomic E-state index is 0.0774. The van der Waals surface area contributed by atoms with Crippen LogP contribution < -0.4 is 38.5 Å². The van der Waals surface area contributed by atoms with Crippen molar-refractivity contribution in [2.24, 2.45) is 23.1 Å². The lowest BCUT2D eigenvalue weighted by Crippen LogP contribution is -2.58. The monoisotopic (exact) mass is 683 g/mol. The molecule has 0 aliphatic carbocycles. The topological polar surface area (TPSA) is 221 Å². The molecule has 268 valence electrons. The van der Waals surface area contributed by atoms with Gasteiger partial charge in [0.1, 0.15) is 18.1 Å². The molecule has 0 saturated carbocycles. The zero-order valence-electron chi connectivity index (χ0n) is 27.8. The number of hydrogen-bond acceptors (Lipinski definition) is 10. The first-order chi connectivity index (χ1) is 23.6. The molecule has 3 amide bonds. The molecule has 1 heterocycles. The summed E-state index contributed by atoms with van der Waals surface area (Å²) in [4.78, 5) is 66.4. The molecule has 0 aromatic heterocycles. The van der Waals surface area contributed by atoms with Crippen LogP contribution in [0.5, 0.6) is 0 Å². The van der Waals surface area contributed by atoms with Crippen LogP contribution in [0.4, 0.5) is 4.39 Å². The largest absolute Gasteiger partial charge is 0.391 e. The van der Waals surface area contributed by atoms with Crippen molar-refractivity contribution in [1.82, 2.24) is 21.3 Å². The molecular formula is C35H50FN7O6. The molecule has 10 N–H and O–H groups in total. The molecule has 1 aliphatic heterocycles. The fourth-order valence-corrected chi connectivity index (χ4v) is 5.55. The molecule has 49 heavy (non-hydrogen) atoms. The van der Waals surface area contributed by atoms with E-state index in [1.807, 2.05) is 36.4 Å². The molecule has 2 aromatic rings. The molecule has 13 nitrogen and oxygen atoms in total. The van der Waals surface area contributed by atoms with Crippen molar-refractivity contribution in [3.63, 3.8) is 0 Å². The van der Waals surface area contributed by atoms with Crippen molar-refractivity contribution >= 4 is 29.7 Å². The molecule has 14 heteroatoms. The molecule has 3 rings (SSSR count). The number of amides is 3. The van der Waals surface area contributed by atoms with Crippen LogP contribution in [0, 0.1) is 5.92 Å². The lowest BCUT2D eigenvalue weighted by atomic mass is 9.98. The second kappa shape index (κ2) is 21.0. The van der Waals surface area contributed by atoms with Gasteiger partial charge in [0.25, 0.3) is 0 Å². The predicted octanol–water partition coefficient (Wildman–Crippen LogP) is 0.139. The van der Waals surface area contributed by atoms with Crippen LogP contribution in [0.15, 0.2) is 60.7 Å². The Kier molecular flexibility index (Phi) is 16.8. The maximum absolute atomic E-state index is 13.7. The summed E-state index contributed by atoms with van der Waals surface area (Å²) in [6, 6.07) is 12.8. The third-order valence-corrected chi connectivity index (χ3v) is 8.36. The Morgan fingerprint density at radius 3 is 1.92 bits per heavy atom. The smallest absolute Gasteiger partial charge is 0.336 e. The van der Waals surface area contributed by atoms with Crippen molar-refractivity contribution in [3.05, 3.63) is 71.8 Å². The fourth-order valence-electron chi connectivity index (χ4n) is 5.55. The Balaban J connectivity index is 1.76. The maximum Gasteiger partial charge on any atom is 0.336 e. The van der Waals surface area contributed by atoms with Crippen molar-refractivity contribution in [3.8, 4) is 0 Å². The van der Waals surface area contributed by atoms with Gasteiger partial charge in [-0.05, 0) is 75.7 Å². The van der Waals surface area contributed by atoms with E-state index in [2.05, 4.69) is 21.3 Å². The van der Waals surface area contributed by atoms with Gasteiger partial charge < -0.3 is 43.2 Å². The number of nitrogens with one attached hydrogen (secondary N) is 4. The van der Waals surface area contributed by atoms with Gasteiger partial charge in [-0.3, -0.25) is 23.6 Å². The van der Waals surface area contributed by atoms with Gasteiger partial charge in [0.05, 0.1) is 18.6 Å². The summed E-state index contributed by atoms with van der Waals surface area (Å²) in [5, 5.41) is 11.0. The van der Waals surface area contributed by atoms with Crippen LogP contribution >= 0.6 is 0 Å². The highest BCUT2D eigenvalue weighted by Gasteiger charge is 2.34. The summed E-state index contributed by atoms with van der Waals surface area (Å²) in [6.45, 7) is 0.672. The zero-order valence-corrected chi connectivity index (χ0v) is 27.8. The minimum atomic E-state index is -1.33. The van der Waals surface area contributed by atoms with Gasteiger partial charge in [0, 0.05) is 12.5 Å². The van der Waals surface area contributed by atoms with E-state index >= 15 is 0 Å². The summed E-state index contributed by atoms with van der Waals surface area (Å²) in [5.41, 5.74) is 19.5. The number of carbonyl (C=O) groups is 5. The number of halogens is 1. The van der Waals surface area contributed by atoms with E-state index < -0.39 is 72.5 Å². The number of rotatable bonds is 19. The minimum Gasteiger partial charge on any atom is -0.391 e. The van der Waals surface area contributed by atoms with E-state index in [9.17, 15) is 28.4 Å². The molecule has 0 radical (unpaired) electrons. The number of piperidine rings is 1. The maximum atomic E-state index is 13.7. The van der Waals surface area contributed by atoms with Crippen LogP contribution in [0.2, 0.25) is 0 Å². The van der Waals surface area contributed by atoms with Gasteiger partial charge in [-0.1, -0.05) is 60.7 Å². The molecule has 1 saturated heterocycles. The SMILES string of the molecule is NCCC(N)C[C@@H](NC(=O)C(CCCF)NC(=O)[C@@H](Cc1ccccc1)NC(=O)[C@H](N)Cc1ccccc1)C(=O)OC(=O)C1CCNCC1. The van der Waals surface area contributed by atoms with Crippen molar-refractivity contribution in [2.75, 3.05) is 26.3 Å². The van der Waals surface area contributed by atoms with Crippen molar-refractivity contribution in [1.29, 1.82) is 0 Å². The molecule has 0 bridgehead atoms. The number of hydrogen-bond donors (Lipinski definition) is 7. The number of ether oxygens (including phenoxy) is 1. The molecule has 1 fully saturated rings. The number of benzene rings is 2. The quantitative estimate of drug-likeness (QED) is 0.0784. The van der Waals surface area contributed by atoms with Crippen LogP contribution in [-0.2, 0) is 41.6 Å². The molecule has 2 unspecified atom stereocenters. The summed E-state index contributed by atoms with van der Waals surface area (Å²) in [7, 11) is 0. The normalized spacial score (nSPS) is 16.3. The fraction of sp³-hybridized carbons (Fsp3) is 0.514. The predicted molar refractivity (Wildman–Crippen MR) is 182 cm³/mol. The summed E-state index contributed by atoms with van der Waals surface area (Å²) in [5.74, 6) is -4.22. The number of carbonyl (C=O) groups excluding carboxylic acids is 5.